The summed E-state index contributed by atoms with van der Waals surface area (Å²) in [6.07, 6.45) is 12.1. The highest BCUT2D eigenvalue weighted by atomic mass is 16.3. The van der Waals surface area contributed by atoms with Crippen LogP contribution in [0.1, 0.15) is 43.7 Å². The van der Waals surface area contributed by atoms with Gasteiger partial charge in [0.05, 0.1) is 6.61 Å². The van der Waals surface area contributed by atoms with Crippen molar-refractivity contribution >= 4 is 0 Å². The van der Waals surface area contributed by atoms with Gasteiger partial charge in [0.15, 0.2) is 0 Å². The molecule has 0 spiro atoms. The first kappa shape index (κ1) is 18.0. The van der Waals surface area contributed by atoms with E-state index in [-0.39, 0.29) is 12.5 Å². The summed E-state index contributed by atoms with van der Waals surface area (Å²) < 4.78 is 2.14. The fourth-order valence-corrected chi connectivity index (χ4v) is 2.62. The largest absolute Gasteiger partial charge is 0.392 e. The van der Waals surface area contributed by atoms with Crippen molar-refractivity contribution in [2.24, 2.45) is 0 Å². The Morgan fingerprint density at radius 2 is 1.88 bits per heavy atom. The third-order valence-electron chi connectivity index (χ3n) is 4.13. The molecule has 0 saturated heterocycles. The lowest BCUT2D eigenvalue weighted by Crippen LogP contribution is -1.95. The van der Waals surface area contributed by atoms with E-state index < -0.39 is 0 Å². The molecule has 0 aliphatic carbocycles. The fourth-order valence-electron chi connectivity index (χ4n) is 2.62. The Labute approximate surface area is 145 Å². The first-order valence-electron chi connectivity index (χ1n) is 8.40. The molecule has 2 nitrogen and oxygen atoms in total. The molecule has 0 amide bonds. The van der Waals surface area contributed by atoms with Crippen molar-refractivity contribution in [3.8, 4) is 5.69 Å². The van der Waals surface area contributed by atoms with Crippen LogP contribution in [-0.4, -0.2) is 16.3 Å². The van der Waals surface area contributed by atoms with E-state index in [9.17, 15) is 5.11 Å². The van der Waals surface area contributed by atoms with E-state index in [1.165, 1.54) is 11.1 Å². The van der Waals surface area contributed by atoms with Crippen LogP contribution in [0.5, 0.6) is 0 Å². The highest BCUT2D eigenvalue weighted by molar-refractivity contribution is 5.39. The van der Waals surface area contributed by atoms with E-state index >= 15 is 0 Å². The first-order valence-corrected chi connectivity index (χ1v) is 8.40. The van der Waals surface area contributed by atoms with Crippen LogP contribution in [0.15, 0.2) is 79.2 Å². The van der Waals surface area contributed by atoms with Crippen molar-refractivity contribution in [3.05, 3.63) is 90.3 Å². The van der Waals surface area contributed by atoms with Crippen LogP contribution >= 0.6 is 0 Å². The molecule has 0 saturated carbocycles. The van der Waals surface area contributed by atoms with Gasteiger partial charge in [-0.15, -0.1) is 0 Å². The lowest BCUT2D eigenvalue weighted by Gasteiger charge is -2.09. The molecule has 1 heterocycles. The second kappa shape index (κ2) is 8.51. The summed E-state index contributed by atoms with van der Waals surface area (Å²) in [5, 5.41) is 9.29. The summed E-state index contributed by atoms with van der Waals surface area (Å²) in [5.74, 6) is 0.672. The summed E-state index contributed by atoms with van der Waals surface area (Å²) in [7, 11) is 0. The van der Waals surface area contributed by atoms with Crippen molar-refractivity contribution in [2.75, 3.05) is 6.61 Å². The monoisotopic (exact) mass is 321 g/mol. The third kappa shape index (κ3) is 4.59. The van der Waals surface area contributed by atoms with Gasteiger partial charge in [-0.05, 0) is 42.2 Å². The van der Waals surface area contributed by atoms with Crippen molar-refractivity contribution < 1.29 is 5.11 Å². The lowest BCUT2D eigenvalue weighted by molar-refractivity contribution is 0.331. The molecule has 0 fully saturated rings. The topological polar surface area (TPSA) is 25.2 Å². The van der Waals surface area contributed by atoms with Gasteiger partial charge in [0.25, 0.3) is 0 Å². The van der Waals surface area contributed by atoms with Crippen LogP contribution in [-0.2, 0) is 0 Å². The standard InChI is InChI=1S/C22H27NO/c1-5-6-7-20(14-18(4)16-24)21-12-13-23(15-21)22-10-8-19(9-11-22)17(2)3/h5-15,17,20,24H,1,16H2,2-4H3/b7-6?,18-14+. The summed E-state index contributed by atoms with van der Waals surface area (Å²) in [6.45, 7) is 10.2. The maximum absolute atomic E-state index is 9.29. The molecular weight excluding hydrogens is 294 g/mol. The first-order chi connectivity index (χ1) is 11.5. The number of hydrogen-bond acceptors (Lipinski definition) is 1. The number of aliphatic hydroxyl groups excluding tert-OH is 1. The van der Waals surface area contributed by atoms with Crippen LogP contribution in [0.2, 0.25) is 0 Å². The molecule has 2 rings (SSSR count). The average Bonchev–Trinajstić information content (AvgIpc) is 3.08. The normalized spacial score (nSPS) is 13.6. The summed E-state index contributed by atoms with van der Waals surface area (Å²) in [6, 6.07) is 10.8. The predicted molar refractivity (Wildman–Crippen MR) is 103 cm³/mol. The summed E-state index contributed by atoms with van der Waals surface area (Å²) in [4.78, 5) is 0. The number of benzene rings is 1. The quantitative estimate of drug-likeness (QED) is 0.538. The molecule has 0 bridgehead atoms. The minimum Gasteiger partial charge on any atom is -0.392 e. The summed E-state index contributed by atoms with van der Waals surface area (Å²) in [5.41, 5.74) is 4.65. The zero-order valence-corrected chi connectivity index (χ0v) is 14.8. The number of aliphatic hydroxyl groups is 1. The maximum atomic E-state index is 9.29. The van der Waals surface area contributed by atoms with E-state index in [0.29, 0.717) is 5.92 Å². The molecule has 1 atom stereocenters. The minimum atomic E-state index is 0.0792. The molecule has 2 aromatic rings. The second-order valence-electron chi connectivity index (χ2n) is 6.42. The lowest BCUT2D eigenvalue weighted by atomic mass is 9.99. The Kier molecular flexibility index (Phi) is 6.39. The molecule has 126 valence electrons. The molecule has 1 aromatic carbocycles. The molecule has 0 aliphatic heterocycles. The van der Waals surface area contributed by atoms with Gasteiger partial charge in [-0.2, -0.15) is 0 Å². The van der Waals surface area contributed by atoms with Gasteiger partial charge in [0.1, 0.15) is 0 Å². The van der Waals surface area contributed by atoms with Gasteiger partial charge in [0, 0.05) is 24.0 Å². The number of allylic oxidation sites excluding steroid dienone is 4. The summed E-state index contributed by atoms with van der Waals surface area (Å²) >= 11 is 0. The van der Waals surface area contributed by atoms with E-state index in [0.717, 1.165) is 11.3 Å². The highest BCUT2D eigenvalue weighted by Gasteiger charge is 2.08. The SMILES string of the molecule is C=CC=CC(/C=C(\C)CO)c1ccn(-c2ccc(C(C)C)cc2)c1. The maximum Gasteiger partial charge on any atom is 0.0639 e. The molecule has 1 aromatic heterocycles. The molecule has 0 aliphatic rings. The van der Waals surface area contributed by atoms with Crippen LogP contribution in [0.3, 0.4) is 0 Å². The van der Waals surface area contributed by atoms with Crippen molar-refractivity contribution in [2.45, 2.75) is 32.6 Å². The van der Waals surface area contributed by atoms with Crippen LogP contribution in [0, 0.1) is 0 Å². The zero-order valence-electron chi connectivity index (χ0n) is 14.8. The van der Waals surface area contributed by atoms with Gasteiger partial charge in [0.2, 0.25) is 0 Å². The van der Waals surface area contributed by atoms with Gasteiger partial charge < -0.3 is 9.67 Å². The van der Waals surface area contributed by atoms with Crippen LogP contribution < -0.4 is 0 Å². The van der Waals surface area contributed by atoms with Gasteiger partial charge in [-0.25, -0.2) is 0 Å². The number of nitrogens with zero attached hydrogens (tertiary/aromatic N) is 1. The van der Waals surface area contributed by atoms with E-state index in [4.69, 9.17) is 0 Å². The Hall–Kier alpha value is -2.32. The van der Waals surface area contributed by atoms with E-state index in [1.54, 1.807) is 6.08 Å². The van der Waals surface area contributed by atoms with Gasteiger partial charge in [-0.1, -0.05) is 62.4 Å². The minimum absolute atomic E-state index is 0.0792. The fraction of sp³-hybridized carbons (Fsp3) is 0.273. The van der Waals surface area contributed by atoms with E-state index in [1.807, 2.05) is 13.0 Å². The molecule has 1 unspecified atom stereocenters. The highest BCUT2D eigenvalue weighted by Crippen LogP contribution is 2.24. The van der Waals surface area contributed by atoms with Crippen molar-refractivity contribution in [1.82, 2.24) is 4.57 Å². The number of aromatic nitrogens is 1. The molecule has 1 N–H and O–H groups in total. The molecule has 2 heteroatoms. The van der Waals surface area contributed by atoms with Crippen molar-refractivity contribution in [3.63, 3.8) is 0 Å². The van der Waals surface area contributed by atoms with E-state index in [2.05, 4.69) is 79.9 Å². The zero-order chi connectivity index (χ0) is 17.5. The Morgan fingerprint density at radius 3 is 2.46 bits per heavy atom. The van der Waals surface area contributed by atoms with Gasteiger partial charge >= 0.3 is 0 Å². The van der Waals surface area contributed by atoms with Gasteiger partial charge in [-0.3, -0.25) is 0 Å². The van der Waals surface area contributed by atoms with Crippen LogP contribution in [0.25, 0.3) is 5.69 Å². The Balaban J connectivity index is 2.29. The smallest absolute Gasteiger partial charge is 0.0639 e. The third-order valence-corrected chi connectivity index (χ3v) is 4.13. The molecule has 24 heavy (non-hydrogen) atoms. The molecular formula is C22H27NO. The Morgan fingerprint density at radius 1 is 1.17 bits per heavy atom. The second-order valence-corrected chi connectivity index (χ2v) is 6.42. The van der Waals surface area contributed by atoms with Crippen molar-refractivity contribution in [1.29, 1.82) is 0 Å². The average molecular weight is 321 g/mol. The molecule has 0 radical (unpaired) electrons. The predicted octanol–water partition coefficient (Wildman–Crippen LogP) is 5.37. The Bertz CT molecular complexity index is 717. The number of rotatable bonds is 7. The number of hydrogen-bond donors (Lipinski definition) is 1. The van der Waals surface area contributed by atoms with Crippen LogP contribution in [0.4, 0.5) is 0 Å².